The van der Waals surface area contributed by atoms with Crippen molar-refractivity contribution in [2.45, 2.75) is 33.1 Å². The van der Waals surface area contributed by atoms with Gasteiger partial charge < -0.3 is 5.32 Å². The summed E-state index contributed by atoms with van der Waals surface area (Å²) >= 11 is 0. The van der Waals surface area contributed by atoms with Crippen LogP contribution >= 0.6 is 0 Å². The number of nitrogens with one attached hydrogen (secondary N) is 1. The number of anilines is 1. The lowest BCUT2D eigenvalue weighted by Gasteiger charge is -2.13. The molecule has 1 aromatic carbocycles. The third-order valence-electron chi connectivity index (χ3n) is 4.43. The average molecular weight is 342 g/mol. The van der Waals surface area contributed by atoms with Gasteiger partial charge in [-0.05, 0) is 42.3 Å². The fraction of sp³-hybridized carbons (Fsp3) is 0.278. The lowest BCUT2D eigenvalue weighted by Crippen LogP contribution is -2.04. The maximum Gasteiger partial charge on any atom is 0.265 e. The van der Waals surface area contributed by atoms with Crippen LogP contribution in [-0.4, -0.2) is 20.5 Å². The standard InChI is InChI=1S/C18H16F2N4O/c1-3-13-21-14-5-4-12(18(19)20)17(24(14)23-13)11-6-9(2)16-10(7-11)8-15(25)22-16/h4-7,18H,3,8H2,1-2H3,(H,22,25). The van der Waals surface area contributed by atoms with E-state index in [1.807, 2.05) is 13.8 Å². The Morgan fingerprint density at radius 3 is 2.84 bits per heavy atom. The van der Waals surface area contributed by atoms with Crippen LogP contribution in [0.3, 0.4) is 0 Å². The molecule has 0 bridgehead atoms. The van der Waals surface area contributed by atoms with E-state index in [-0.39, 0.29) is 17.9 Å². The van der Waals surface area contributed by atoms with Gasteiger partial charge in [-0.15, -0.1) is 0 Å². The Hall–Kier alpha value is -2.83. The minimum Gasteiger partial charge on any atom is -0.325 e. The number of halogens is 2. The summed E-state index contributed by atoms with van der Waals surface area (Å²) in [6.45, 7) is 3.77. The van der Waals surface area contributed by atoms with Crippen molar-refractivity contribution in [1.82, 2.24) is 14.6 Å². The first kappa shape index (κ1) is 15.7. The molecule has 1 aliphatic heterocycles. The Morgan fingerprint density at radius 1 is 1.32 bits per heavy atom. The summed E-state index contributed by atoms with van der Waals surface area (Å²) < 4.78 is 28.8. The summed E-state index contributed by atoms with van der Waals surface area (Å²) in [7, 11) is 0. The first-order valence-corrected chi connectivity index (χ1v) is 8.08. The number of hydrogen-bond donors (Lipinski definition) is 1. The largest absolute Gasteiger partial charge is 0.325 e. The molecule has 0 saturated heterocycles. The highest BCUT2D eigenvalue weighted by molar-refractivity contribution is 6.00. The van der Waals surface area contributed by atoms with Crippen molar-refractivity contribution in [1.29, 1.82) is 0 Å². The van der Waals surface area contributed by atoms with E-state index < -0.39 is 6.43 Å². The summed E-state index contributed by atoms with van der Waals surface area (Å²) in [5.74, 6) is 0.513. The number of aromatic nitrogens is 3. The van der Waals surface area contributed by atoms with Gasteiger partial charge in [0.1, 0.15) is 0 Å². The molecule has 1 aliphatic rings. The summed E-state index contributed by atoms with van der Waals surface area (Å²) in [6.07, 6.45) is -1.77. The predicted octanol–water partition coefficient (Wildman–Crippen LogP) is 3.70. The smallest absolute Gasteiger partial charge is 0.265 e. The molecular formula is C18H16F2N4O. The Labute approximate surface area is 142 Å². The van der Waals surface area contributed by atoms with E-state index in [2.05, 4.69) is 15.4 Å². The number of alkyl halides is 2. The van der Waals surface area contributed by atoms with Gasteiger partial charge in [0.05, 0.1) is 12.1 Å². The average Bonchev–Trinajstić information content (AvgIpc) is 3.15. The van der Waals surface area contributed by atoms with E-state index in [1.165, 1.54) is 10.6 Å². The van der Waals surface area contributed by atoms with Gasteiger partial charge in [-0.1, -0.05) is 6.92 Å². The lowest BCUT2D eigenvalue weighted by atomic mass is 9.99. The number of nitrogens with zero attached hydrogens (tertiary/aromatic N) is 3. The van der Waals surface area contributed by atoms with E-state index in [1.54, 1.807) is 18.2 Å². The maximum absolute atomic E-state index is 13.6. The molecule has 1 amide bonds. The summed E-state index contributed by atoms with van der Waals surface area (Å²) in [5.41, 5.74) is 3.79. The van der Waals surface area contributed by atoms with Crippen LogP contribution in [0.15, 0.2) is 24.3 Å². The molecule has 0 atom stereocenters. The molecule has 2 aromatic heterocycles. The second-order valence-corrected chi connectivity index (χ2v) is 6.14. The van der Waals surface area contributed by atoms with E-state index in [9.17, 15) is 13.6 Å². The van der Waals surface area contributed by atoms with Crippen molar-refractivity contribution >= 4 is 17.2 Å². The molecule has 0 unspecified atom stereocenters. The van der Waals surface area contributed by atoms with Gasteiger partial charge in [0, 0.05) is 23.2 Å². The van der Waals surface area contributed by atoms with Crippen molar-refractivity contribution in [3.8, 4) is 11.3 Å². The fourth-order valence-corrected chi connectivity index (χ4v) is 3.29. The maximum atomic E-state index is 13.6. The van der Waals surface area contributed by atoms with E-state index in [4.69, 9.17) is 0 Å². The minimum absolute atomic E-state index is 0.0865. The third kappa shape index (κ3) is 2.47. The van der Waals surface area contributed by atoms with Crippen LogP contribution in [0.2, 0.25) is 0 Å². The number of fused-ring (bicyclic) bond motifs is 2. The topological polar surface area (TPSA) is 59.3 Å². The molecule has 3 heterocycles. The molecule has 7 heteroatoms. The molecular weight excluding hydrogens is 326 g/mol. The molecule has 0 fully saturated rings. The number of carbonyl (C=O) groups is 1. The highest BCUT2D eigenvalue weighted by Gasteiger charge is 2.24. The van der Waals surface area contributed by atoms with Crippen LogP contribution in [0.5, 0.6) is 0 Å². The van der Waals surface area contributed by atoms with Crippen molar-refractivity contribution in [2.24, 2.45) is 0 Å². The van der Waals surface area contributed by atoms with Crippen LogP contribution in [0.4, 0.5) is 14.5 Å². The van der Waals surface area contributed by atoms with E-state index in [0.29, 0.717) is 29.1 Å². The van der Waals surface area contributed by atoms with Crippen LogP contribution in [0, 0.1) is 6.92 Å². The van der Waals surface area contributed by atoms with Crippen LogP contribution < -0.4 is 5.32 Å². The van der Waals surface area contributed by atoms with E-state index in [0.717, 1.165) is 16.8 Å². The minimum atomic E-state index is -2.64. The van der Waals surface area contributed by atoms with Crippen molar-refractivity contribution in [3.63, 3.8) is 0 Å². The molecule has 0 spiro atoms. The Morgan fingerprint density at radius 2 is 2.12 bits per heavy atom. The van der Waals surface area contributed by atoms with Gasteiger partial charge in [0.15, 0.2) is 11.5 Å². The first-order chi connectivity index (χ1) is 12.0. The molecule has 0 radical (unpaired) electrons. The zero-order valence-electron chi connectivity index (χ0n) is 13.8. The molecule has 3 aromatic rings. The molecule has 5 nitrogen and oxygen atoms in total. The first-order valence-electron chi connectivity index (χ1n) is 8.08. The molecule has 1 N–H and O–H groups in total. The SMILES string of the molecule is CCc1nc2ccc(C(F)F)c(-c3cc(C)c4c(c3)CC(=O)N4)n2n1. The van der Waals surface area contributed by atoms with E-state index >= 15 is 0 Å². The normalized spacial score (nSPS) is 13.6. The van der Waals surface area contributed by atoms with Crippen LogP contribution in [0.25, 0.3) is 16.9 Å². The number of pyridine rings is 1. The molecule has 4 rings (SSSR count). The Balaban J connectivity index is 2.01. The zero-order chi connectivity index (χ0) is 17.7. The van der Waals surface area contributed by atoms with Gasteiger partial charge in [-0.2, -0.15) is 5.10 Å². The molecule has 0 saturated carbocycles. The predicted molar refractivity (Wildman–Crippen MR) is 89.8 cm³/mol. The van der Waals surface area contributed by atoms with Crippen molar-refractivity contribution < 1.29 is 13.6 Å². The lowest BCUT2D eigenvalue weighted by molar-refractivity contribution is -0.115. The molecule has 25 heavy (non-hydrogen) atoms. The number of aryl methyl sites for hydroxylation is 2. The number of rotatable bonds is 3. The highest BCUT2D eigenvalue weighted by Crippen LogP contribution is 2.36. The van der Waals surface area contributed by atoms with Crippen LogP contribution in [0.1, 0.15) is 35.9 Å². The summed E-state index contributed by atoms with van der Waals surface area (Å²) in [6, 6.07) is 6.55. The number of benzene rings is 1. The third-order valence-corrected chi connectivity index (χ3v) is 4.43. The Bertz CT molecular complexity index is 1010. The number of hydrogen-bond acceptors (Lipinski definition) is 3. The Kier molecular flexibility index (Phi) is 3.52. The van der Waals surface area contributed by atoms with Gasteiger partial charge in [0.25, 0.3) is 6.43 Å². The summed E-state index contributed by atoms with van der Waals surface area (Å²) in [5, 5.41) is 7.19. The number of amides is 1. The second kappa shape index (κ2) is 5.61. The molecule has 128 valence electrons. The van der Waals surface area contributed by atoms with Gasteiger partial charge in [-0.3, -0.25) is 4.79 Å². The van der Waals surface area contributed by atoms with Crippen LogP contribution in [-0.2, 0) is 17.6 Å². The van der Waals surface area contributed by atoms with Gasteiger partial charge in [-0.25, -0.2) is 18.3 Å². The monoisotopic (exact) mass is 342 g/mol. The second-order valence-electron chi connectivity index (χ2n) is 6.14. The zero-order valence-corrected chi connectivity index (χ0v) is 13.8. The highest BCUT2D eigenvalue weighted by atomic mass is 19.3. The fourth-order valence-electron chi connectivity index (χ4n) is 3.29. The van der Waals surface area contributed by atoms with Gasteiger partial charge >= 0.3 is 0 Å². The summed E-state index contributed by atoms with van der Waals surface area (Å²) in [4.78, 5) is 16.0. The van der Waals surface area contributed by atoms with Crippen molar-refractivity contribution in [2.75, 3.05) is 5.32 Å². The molecule has 0 aliphatic carbocycles. The van der Waals surface area contributed by atoms with Gasteiger partial charge in [0.2, 0.25) is 5.91 Å². The van der Waals surface area contributed by atoms with Crippen molar-refractivity contribution in [3.05, 3.63) is 46.8 Å². The number of carbonyl (C=O) groups excluding carboxylic acids is 1. The quantitative estimate of drug-likeness (QED) is 0.789.